The molecule has 1 atom stereocenters. The molecular weight excluding hydrogens is 218 g/mol. The number of likely N-dealkylation sites (tertiary alicyclic amines) is 1. The SMILES string of the molecule is O=C(c1cc2ccccc2o1)N1CC[C@H](O)C1. The quantitative estimate of drug-likeness (QED) is 0.811. The van der Waals surface area contributed by atoms with Crippen molar-refractivity contribution in [2.24, 2.45) is 0 Å². The third-order valence-corrected chi connectivity index (χ3v) is 3.09. The van der Waals surface area contributed by atoms with Crippen LogP contribution in [-0.4, -0.2) is 35.1 Å². The average molecular weight is 231 g/mol. The molecule has 1 aliphatic heterocycles. The van der Waals surface area contributed by atoms with Crippen molar-refractivity contribution in [2.45, 2.75) is 12.5 Å². The van der Waals surface area contributed by atoms with Gasteiger partial charge in [-0.1, -0.05) is 18.2 Å². The van der Waals surface area contributed by atoms with Crippen molar-refractivity contribution < 1.29 is 14.3 Å². The number of para-hydroxylation sites is 1. The number of carbonyl (C=O) groups is 1. The maximum Gasteiger partial charge on any atom is 0.289 e. The predicted octanol–water partition coefficient (Wildman–Crippen LogP) is 1.64. The van der Waals surface area contributed by atoms with Crippen LogP contribution in [-0.2, 0) is 0 Å². The summed E-state index contributed by atoms with van der Waals surface area (Å²) in [5.41, 5.74) is 0.718. The Hall–Kier alpha value is -1.81. The topological polar surface area (TPSA) is 53.7 Å². The number of nitrogens with zero attached hydrogens (tertiary/aromatic N) is 1. The first kappa shape index (κ1) is 10.4. The Kier molecular flexibility index (Phi) is 2.37. The van der Waals surface area contributed by atoms with Gasteiger partial charge < -0.3 is 14.4 Å². The molecule has 2 heterocycles. The molecular formula is C13H13NO3. The number of aliphatic hydroxyl groups is 1. The Labute approximate surface area is 98.4 Å². The van der Waals surface area contributed by atoms with Gasteiger partial charge in [-0.2, -0.15) is 0 Å². The van der Waals surface area contributed by atoms with E-state index in [2.05, 4.69) is 0 Å². The first-order valence-electron chi connectivity index (χ1n) is 5.70. The molecule has 2 aromatic rings. The number of furan rings is 1. The van der Waals surface area contributed by atoms with Crippen molar-refractivity contribution in [1.29, 1.82) is 0 Å². The molecule has 4 nitrogen and oxygen atoms in total. The molecule has 0 spiro atoms. The third kappa shape index (κ3) is 1.80. The first-order valence-corrected chi connectivity index (χ1v) is 5.70. The van der Waals surface area contributed by atoms with Crippen LogP contribution >= 0.6 is 0 Å². The number of amides is 1. The van der Waals surface area contributed by atoms with Crippen molar-refractivity contribution in [3.05, 3.63) is 36.1 Å². The van der Waals surface area contributed by atoms with Crippen LogP contribution in [0.2, 0.25) is 0 Å². The molecule has 0 radical (unpaired) electrons. The molecule has 1 saturated heterocycles. The van der Waals surface area contributed by atoms with Gasteiger partial charge in [0.2, 0.25) is 0 Å². The Balaban J connectivity index is 1.90. The van der Waals surface area contributed by atoms with Crippen LogP contribution < -0.4 is 0 Å². The second kappa shape index (κ2) is 3.89. The van der Waals surface area contributed by atoms with Crippen molar-refractivity contribution in [1.82, 2.24) is 4.90 Å². The Morgan fingerprint density at radius 1 is 1.41 bits per heavy atom. The lowest BCUT2D eigenvalue weighted by Gasteiger charge is -2.12. The molecule has 3 rings (SSSR count). The highest BCUT2D eigenvalue weighted by atomic mass is 16.3. The van der Waals surface area contributed by atoms with Crippen LogP contribution in [0.4, 0.5) is 0 Å². The molecule has 1 aromatic carbocycles. The van der Waals surface area contributed by atoms with E-state index in [1.165, 1.54) is 0 Å². The lowest BCUT2D eigenvalue weighted by atomic mass is 10.2. The molecule has 1 aliphatic rings. The summed E-state index contributed by atoms with van der Waals surface area (Å²) in [5.74, 6) is 0.207. The number of β-amino-alcohol motifs (C(OH)–C–C–N with tert-alkyl or cyclic N) is 1. The van der Waals surface area contributed by atoms with E-state index in [4.69, 9.17) is 4.42 Å². The van der Waals surface area contributed by atoms with Crippen LogP contribution in [0.1, 0.15) is 17.0 Å². The molecule has 1 N–H and O–H groups in total. The van der Waals surface area contributed by atoms with Gasteiger partial charge in [-0.3, -0.25) is 4.79 Å². The van der Waals surface area contributed by atoms with Gasteiger partial charge >= 0.3 is 0 Å². The lowest BCUT2D eigenvalue weighted by molar-refractivity contribution is 0.0736. The smallest absolute Gasteiger partial charge is 0.289 e. The Morgan fingerprint density at radius 2 is 2.24 bits per heavy atom. The highest BCUT2D eigenvalue weighted by Crippen LogP contribution is 2.21. The van der Waals surface area contributed by atoms with E-state index in [-0.39, 0.29) is 5.91 Å². The average Bonchev–Trinajstić information content (AvgIpc) is 2.93. The zero-order valence-corrected chi connectivity index (χ0v) is 9.30. The number of rotatable bonds is 1. The van der Waals surface area contributed by atoms with Gasteiger partial charge in [0.05, 0.1) is 6.10 Å². The van der Waals surface area contributed by atoms with Crippen LogP contribution in [0.15, 0.2) is 34.7 Å². The van der Waals surface area contributed by atoms with Crippen LogP contribution in [0.25, 0.3) is 11.0 Å². The fraction of sp³-hybridized carbons (Fsp3) is 0.308. The van der Waals surface area contributed by atoms with Crippen LogP contribution in [0, 0.1) is 0 Å². The van der Waals surface area contributed by atoms with E-state index >= 15 is 0 Å². The summed E-state index contributed by atoms with van der Waals surface area (Å²) in [6.07, 6.45) is 0.245. The van der Waals surface area contributed by atoms with E-state index in [0.29, 0.717) is 25.3 Å². The number of benzene rings is 1. The van der Waals surface area contributed by atoms with Crippen molar-refractivity contribution in [3.8, 4) is 0 Å². The van der Waals surface area contributed by atoms with E-state index < -0.39 is 6.10 Å². The zero-order chi connectivity index (χ0) is 11.8. The largest absolute Gasteiger partial charge is 0.451 e. The zero-order valence-electron chi connectivity index (χ0n) is 9.30. The number of hydrogen-bond acceptors (Lipinski definition) is 3. The molecule has 0 unspecified atom stereocenters. The predicted molar refractivity (Wildman–Crippen MR) is 62.7 cm³/mol. The first-order chi connectivity index (χ1) is 8.24. The van der Waals surface area contributed by atoms with Gasteiger partial charge in [0.25, 0.3) is 5.91 Å². The fourth-order valence-electron chi connectivity index (χ4n) is 2.17. The number of carbonyl (C=O) groups excluding carboxylic acids is 1. The summed E-state index contributed by atoms with van der Waals surface area (Å²) in [4.78, 5) is 13.7. The monoisotopic (exact) mass is 231 g/mol. The minimum absolute atomic E-state index is 0.141. The molecule has 88 valence electrons. The summed E-state index contributed by atoms with van der Waals surface area (Å²) in [6, 6.07) is 9.28. The highest BCUT2D eigenvalue weighted by Gasteiger charge is 2.27. The van der Waals surface area contributed by atoms with Crippen molar-refractivity contribution in [3.63, 3.8) is 0 Å². The standard InChI is InChI=1S/C13H13NO3/c15-10-5-6-14(8-10)13(16)12-7-9-3-1-2-4-11(9)17-12/h1-4,7,10,15H,5-6,8H2/t10-/m0/s1. The van der Waals surface area contributed by atoms with Gasteiger partial charge in [-0.15, -0.1) is 0 Å². The Morgan fingerprint density at radius 3 is 2.94 bits per heavy atom. The summed E-state index contributed by atoms with van der Waals surface area (Å²) < 4.78 is 5.50. The van der Waals surface area contributed by atoms with Gasteiger partial charge in [-0.05, 0) is 18.6 Å². The van der Waals surface area contributed by atoms with Crippen LogP contribution in [0.5, 0.6) is 0 Å². The van der Waals surface area contributed by atoms with Gasteiger partial charge in [0.1, 0.15) is 5.58 Å². The van der Waals surface area contributed by atoms with Crippen molar-refractivity contribution >= 4 is 16.9 Å². The fourth-order valence-corrected chi connectivity index (χ4v) is 2.17. The maximum absolute atomic E-state index is 12.1. The highest BCUT2D eigenvalue weighted by molar-refractivity contribution is 5.96. The molecule has 1 fully saturated rings. The minimum Gasteiger partial charge on any atom is -0.451 e. The molecule has 0 saturated carbocycles. The molecule has 0 bridgehead atoms. The molecule has 1 amide bonds. The Bertz CT molecular complexity index is 528. The second-order valence-electron chi connectivity index (χ2n) is 4.34. The van der Waals surface area contributed by atoms with E-state index in [1.54, 1.807) is 11.0 Å². The van der Waals surface area contributed by atoms with Crippen LogP contribution in [0.3, 0.4) is 0 Å². The molecule has 4 heteroatoms. The summed E-state index contributed by atoms with van der Waals surface area (Å²) in [7, 11) is 0. The van der Waals surface area contributed by atoms with E-state index in [1.807, 2.05) is 24.3 Å². The number of fused-ring (bicyclic) bond motifs is 1. The maximum atomic E-state index is 12.1. The summed E-state index contributed by atoms with van der Waals surface area (Å²) >= 11 is 0. The normalized spacial score (nSPS) is 20.1. The number of aliphatic hydroxyl groups excluding tert-OH is 1. The van der Waals surface area contributed by atoms with Crippen molar-refractivity contribution in [2.75, 3.05) is 13.1 Å². The van der Waals surface area contributed by atoms with E-state index in [0.717, 1.165) is 11.0 Å². The van der Waals surface area contributed by atoms with Gasteiger partial charge in [0.15, 0.2) is 5.76 Å². The summed E-state index contributed by atoms with van der Waals surface area (Å²) in [5, 5.41) is 10.3. The van der Waals surface area contributed by atoms with Gasteiger partial charge in [0, 0.05) is 18.5 Å². The lowest BCUT2D eigenvalue weighted by Crippen LogP contribution is -2.29. The van der Waals surface area contributed by atoms with Gasteiger partial charge in [-0.25, -0.2) is 0 Å². The molecule has 0 aliphatic carbocycles. The van der Waals surface area contributed by atoms with E-state index in [9.17, 15) is 9.90 Å². The minimum atomic E-state index is -0.400. The molecule has 17 heavy (non-hydrogen) atoms. The second-order valence-corrected chi connectivity index (χ2v) is 4.34. The third-order valence-electron chi connectivity index (χ3n) is 3.09. The number of hydrogen-bond donors (Lipinski definition) is 1. The summed E-state index contributed by atoms with van der Waals surface area (Å²) in [6.45, 7) is 0.993. The molecule has 1 aromatic heterocycles.